The summed E-state index contributed by atoms with van der Waals surface area (Å²) in [7, 11) is 0. The van der Waals surface area contributed by atoms with E-state index < -0.39 is 0 Å². The summed E-state index contributed by atoms with van der Waals surface area (Å²) >= 11 is 0. The molecule has 376 valence electrons. The monoisotopic (exact) mass is 1040 g/mol. The number of aromatic nitrogens is 12. The molecular formula is C69H40N12. The van der Waals surface area contributed by atoms with Crippen LogP contribution in [0, 0.1) is 0 Å². The Hall–Kier alpha value is -11.1. The van der Waals surface area contributed by atoms with Crippen molar-refractivity contribution in [3.05, 3.63) is 233 Å². The average Bonchev–Trinajstić information content (AvgIpc) is 4.09. The van der Waals surface area contributed by atoms with E-state index in [9.17, 15) is 0 Å². The molecule has 2 unspecified atom stereocenters. The maximum Gasteiger partial charge on any atom is 0.120 e. The van der Waals surface area contributed by atoms with Gasteiger partial charge in [0, 0.05) is 95.2 Å². The zero-order chi connectivity index (χ0) is 52.6. The highest BCUT2D eigenvalue weighted by Crippen LogP contribution is 2.45. The summed E-state index contributed by atoms with van der Waals surface area (Å²) in [4.78, 5) is 60.1. The molecule has 19 rings (SSSR count). The fraction of sp³-hybridized carbons (Fsp3) is 0.0290. The number of rotatable bonds is 3. The van der Waals surface area contributed by atoms with Crippen molar-refractivity contribution in [2.24, 2.45) is 0 Å². The number of nitrogens with one attached hydrogen (secondary N) is 5. The van der Waals surface area contributed by atoms with Crippen molar-refractivity contribution in [1.29, 1.82) is 0 Å². The van der Waals surface area contributed by atoms with Crippen LogP contribution in [0.2, 0.25) is 0 Å². The standard InChI is InChI=1S/C69H40N12/c1-4-10-34(11-5-1)55-49-28-22-43(70-49)37-16-18-39-45-24-30-51(72-45)56(35-12-6-2-7-13-35)53-32-26-47(74-53)41-20-21-42-48-27-33-54(75-48)57(36-14-8-3-9-15-36)52-31-25-46(73-52)40-19-17-38(44-23-29-50(55)71-44)59-61(40)79-67-65(77-59)64-66(78-60(39)58(37)76-64)68-69(67)81-63(42)62(41)80-68/h1-33,55-56,70-74H. The van der Waals surface area contributed by atoms with Crippen LogP contribution in [-0.4, -0.2) is 59.8 Å². The van der Waals surface area contributed by atoms with Gasteiger partial charge in [0.15, 0.2) is 0 Å². The van der Waals surface area contributed by atoms with Gasteiger partial charge in [0.25, 0.3) is 0 Å². The number of aromatic amines is 5. The fourth-order valence-corrected chi connectivity index (χ4v) is 13.4. The molecule has 16 aromatic rings. The zero-order valence-electron chi connectivity index (χ0n) is 42.8. The van der Waals surface area contributed by atoms with E-state index in [1.807, 2.05) is 6.07 Å². The van der Waals surface area contributed by atoms with E-state index in [0.717, 1.165) is 123 Å². The Balaban J connectivity index is 1.05. The highest BCUT2D eigenvalue weighted by atomic mass is 14.9. The van der Waals surface area contributed by atoms with Gasteiger partial charge in [-0.1, -0.05) is 91.0 Å². The molecule has 5 N–H and O–H groups in total. The van der Waals surface area contributed by atoms with Crippen LogP contribution in [0.25, 0.3) is 156 Å². The number of nitrogens with zero attached hydrogens (tertiary/aromatic N) is 7. The zero-order valence-corrected chi connectivity index (χ0v) is 42.8. The Morgan fingerprint density at radius 3 is 1.10 bits per heavy atom. The number of hydrogen-bond donors (Lipinski definition) is 5. The molecule has 0 fully saturated rings. The van der Waals surface area contributed by atoms with Crippen LogP contribution in [0.4, 0.5) is 0 Å². The second kappa shape index (κ2) is 15.8. The van der Waals surface area contributed by atoms with Crippen molar-refractivity contribution in [3.63, 3.8) is 0 Å². The lowest BCUT2D eigenvalue weighted by Gasteiger charge is -2.16. The molecule has 3 aliphatic rings. The van der Waals surface area contributed by atoms with Crippen molar-refractivity contribution in [1.82, 2.24) is 59.8 Å². The van der Waals surface area contributed by atoms with Gasteiger partial charge in [-0.3, -0.25) is 0 Å². The normalized spacial score (nSPS) is 14.9. The van der Waals surface area contributed by atoms with Crippen LogP contribution in [0.3, 0.4) is 0 Å². The van der Waals surface area contributed by atoms with Gasteiger partial charge in [0.1, 0.15) is 33.1 Å². The van der Waals surface area contributed by atoms with E-state index in [1.54, 1.807) is 0 Å². The minimum atomic E-state index is -0.164. The molecule has 12 heteroatoms. The van der Waals surface area contributed by atoms with E-state index in [4.69, 9.17) is 34.9 Å². The summed E-state index contributed by atoms with van der Waals surface area (Å²) in [5.74, 6) is -0.326. The largest absolute Gasteiger partial charge is 0.358 e. The SMILES string of the molecule is C1=Cc2nc1c(-c1ccccc1)c1ccc([nH]1)c1ccc3c4nc5c6nc7c(ccc8c7nc6c6nc7c(ccc2c7nc6c5nc41)-c1ccc([nH]1)C(c1ccccc1)c1ccc-8[nH]1)-c1ccc([nH]1)C(c1ccccc1)c1ccc-3[nH]1. The Labute approximate surface area is 459 Å². The summed E-state index contributed by atoms with van der Waals surface area (Å²) in [5.41, 5.74) is 26.7. The van der Waals surface area contributed by atoms with Crippen LogP contribution in [0.15, 0.2) is 188 Å². The third-order valence-electron chi connectivity index (χ3n) is 17.1. The minimum absolute atomic E-state index is 0.162. The molecule has 24 bridgehead atoms. The topological polar surface area (TPSA) is 169 Å². The minimum Gasteiger partial charge on any atom is -0.358 e. The first-order valence-electron chi connectivity index (χ1n) is 27.3. The highest BCUT2D eigenvalue weighted by molar-refractivity contribution is 6.24. The van der Waals surface area contributed by atoms with Gasteiger partial charge >= 0.3 is 0 Å². The van der Waals surface area contributed by atoms with Gasteiger partial charge in [-0.05, 0) is 126 Å². The molecule has 0 aliphatic carbocycles. The summed E-state index contributed by atoms with van der Waals surface area (Å²) in [6.07, 6.45) is 4.21. The van der Waals surface area contributed by atoms with Gasteiger partial charge in [-0.25, -0.2) is 34.9 Å². The first kappa shape index (κ1) is 42.9. The smallest absolute Gasteiger partial charge is 0.120 e. The van der Waals surface area contributed by atoms with Crippen molar-refractivity contribution in [3.8, 4) is 56.2 Å². The maximum absolute atomic E-state index is 5.85. The Morgan fingerprint density at radius 2 is 0.630 bits per heavy atom. The van der Waals surface area contributed by atoms with Crippen LogP contribution in [0.5, 0.6) is 0 Å². The molecule has 9 aromatic heterocycles. The van der Waals surface area contributed by atoms with Crippen LogP contribution >= 0.6 is 0 Å². The molecular weight excluding hydrogens is 997 g/mol. The van der Waals surface area contributed by atoms with Crippen molar-refractivity contribution in [2.45, 2.75) is 11.8 Å². The first-order chi connectivity index (χ1) is 40.1. The number of hydrogen-bond acceptors (Lipinski definition) is 7. The van der Waals surface area contributed by atoms with Gasteiger partial charge in [-0.2, -0.15) is 0 Å². The van der Waals surface area contributed by atoms with Gasteiger partial charge in [0.2, 0.25) is 0 Å². The third-order valence-corrected chi connectivity index (χ3v) is 17.1. The number of fused-ring (bicyclic) bond motifs is 18. The molecule has 0 amide bonds. The molecule has 2 atom stereocenters. The van der Waals surface area contributed by atoms with Gasteiger partial charge in [0.05, 0.1) is 56.3 Å². The van der Waals surface area contributed by atoms with E-state index in [0.29, 0.717) is 66.2 Å². The molecule has 3 aliphatic heterocycles. The van der Waals surface area contributed by atoms with Crippen LogP contribution in [-0.2, 0) is 0 Å². The molecule has 12 nitrogen and oxygen atoms in total. The molecule has 81 heavy (non-hydrogen) atoms. The van der Waals surface area contributed by atoms with Gasteiger partial charge in [-0.15, -0.1) is 0 Å². The Kier molecular flexibility index (Phi) is 8.36. The second-order valence-corrected chi connectivity index (χ2v) is 21.6. The number of benzene rings is 7. The second-order valence-electron chi connectivity index (χ2n) is 21.6. The fourth-order valence-electron chi connectivity index (χ4n) is 13.4. The lowest BCUT2D eigenvalue weighted by molar-refractivity contribution is 0.900. The van der Waals surface area contributed by atoms with Crippen molar-refractivity contribution >= 4 is 100 Å². The number of H-pyrrole nitrogens is 5. The maximum atomic E-state index is 5.85. The third kappa shape index (κ3) is 6.04. The molecule has 0 saturated heterocycles. The summed E-state index contributed by atoms with van der Waals surface area (Å²) in [6.45, 7) is 0. The van der Waals surface area contributed by atoms with Crippen LogP contribution in [0.1, 0.15) is 57.1 Å². The van der Waals surface area contributed by atoms with E-state index in [1.165, 1.54) is 0 Å². The Morgan fingerprint density at radius 1 is 0.259 bits per heavy atom. The lowest BCUT2D eigenvalue weighted by Crippen LogP contribution is -2.04. The molecule has 0 spiro atoms. The van der Waals surface area contributed by atoms with Crippen molar-refractivity contribution in [2.75, 3.05) is 0 Å². The first-order valence-corrected chi connectivity index (χ1v) is 27.3. The lowest BCUT2D eigenvalue weighted by atomic mass is 9.93. The summed E-state index contributed by atoms with van der Waals surface area (Å²) in [6, 6.07) is 66.5. The molecule has 7 aromatic carbocycles. The molecule has 0 radical (unpaired) electrons. The van der Waals surface area contributed by atoms with Crippen LogP contribution < -0.4 is 0 Å². The van der Waals surface area contributed by atoms with E-state index in [-0.39, 0.29) is 11.8 Å². The highest BCUT2D eigenvalue weighted by Gasteiger charge is 2.29. The Bertz CT molecular complexity index is 5490. The quantitative estimate of drug-likeness (QED) is 0.0866. The average molecular weight is 1040 g/mol. The summed E-state index contributed by atoms with van der Waals surface area (Å²) in [5, 5.41) is 1.72. The predicted octanol–water partition coefficient (Wildman–Crippen LogP) is 15.7. The molecule has 12 heterocycles. The van der Waals surface area contributed by atoms with Gasteiger partial charge < -0.3 is 24.9 Å². The van der Waals surface area contributed by atoms with Crippen molar-refractivity contribution < 1.29 is 0 Å². The predicted molar refractivity (Wildman–Crippen MR) is 323 cm³/mol. The van der Waals surface area contributed by atoms with E-state index in [2.05, 4.69) is 219 Å². The summed E-state index contributed by atoms with van der Waals surface area (Å²) < 4.78 is 0. The molecule has 0 saturated carbocycles. The van der Waals surface area contributed by atoms with E-state index >= 15 is 0 Å².